The first-order valence-corrected chi connectivity index (χ1v) is 6.71. The predicted molar refractivity (Wildman–Crippen MR) is 73.0 cm³/mol. The second-order valence-corrected chi connectivity index (χ2v) is 5.12. The van der Waals surface area contributed by atoms with E-state index in [1.807, 2.05) is 30.3 Å². The molecule has 0 aliphatic heterocycles. The van der Waals surface area contributed by atoms with Gasteiger partial charge >= 0.3 is 0 Å². The number of benzene rings is 1. The van der Waals surface area contributed by atoms with Crippen molar-refractivity contribution in [1.29, 1.82) is 0 Å². The van der Waals surface area contributed by atoms with Gasteiger partial charge in [0.15, 0.2) is 5.58 Å². The van der Waals surface area contributed by atoms with E-state index < -0.39 is 6.10 Å². The molecule has 1 aromatic carbocycles. The summed E-state index contributed by atoms with van der Waals surface area (Å²) in [6.45, 7) is 1.73. The van der Waals surface area contributed by atoms with E-state index in [1.165, 1.54) is 11.8 Å². The quantitative estimate of drug-likeness (QED) is 0.791. The number of aliphatic hydroxyl groups excluding tert-OH is 1. The van der Waals surface area contributed by atoms with Crippen LogP contribution < -0.4 is 0 Å². The van der Waals surface area contributed by atoms with Crippen molar-refractivity contribution in [2.24, 2.45) is 0 Å². The van der Waals surface area contributed by atoms with Gasteiger partial charge in [-0.25, -0.2) is 9.97 Å². The van der Waals surface area contributed by atoms with Crippen molar-refractivity contribution < 1.29 is 9.52 Å². The second kappa shape index (κ2) is 5.03. The van der Waals surface area contributed by atoms with Crippen LogP contribution >= 0.6 is 11.8 Å². The molecule has 0 aliphatic rings. The zero-order valence-electron chi connectivity index (χ0n) is 10.3. The van der Waals surface area contributed by atoms with Crippen LogP contribution in [-0.4, -0.2) is 15.1 Å². The number of pyridine rings is 1. The normalized spacial score (nSPS) is 12.7. The van der Waals surface area contributed by atoms with Gasteiger partial charge in [-0.3, -0.25) is 0 Å². The topological polar surface area (TPSA) is 59.2 Å². The Hall–Kier alpha value is -1.85. The van der Waals surface area contributed by atoms with Crippen LogP contribution in [-0.2, 0) is 0 Å². The maximum absolute atomic E-state index is 9.55. The molecule has 2 aromatic heterocycles. The van der Waals surface area contributed by atoms with Crippen LogP contribution in [0.5, 0.6) is 0 Å². The molecular weight excluding hydrogens is 260 g/mol. The molecule has 19 heavy (non-hydrogen) atoms. The summed E-state index contributed by atoms with van der Waals surface area (Å²) in [6.07, 6.45) is 1.17. The number of para-hydroxylation sites is 2. The lowest BCUT2D eigenvalue weighted by molar-refractivity contribution is 0.199. The number of rotatable bonds is 3. The summed E-state index contributed by atoms with van der Waals surface area (Å²) in [7, 11) is 0. The molecule has 0 fully saturated rings. The summed E-state index contributed by atoms with van der Waals surface area (Å²) in [4.78, 5) is 8.62. The largest absolute Gasteiger partial charge is 0.431 e. The molecule has 3 rings (SSSR count). The summed E-state index contributed by atoms with van der Waals surface area (Å²) in [6, 6.07) is 11.2. The van der Waals surface area contributed by atoms with E-state index in [1.54, 1.807) is 19.2 Å². The third kappa shape index (κ3) is 2.62. The number of aromatic nitrogens is 2. The molecule has 3 aromatic rings. The van der Waals surface area contributed by atoms with Crippen LogP contribution in [0.1, 0.15) is 18.6 Å². The van der Waals surface area contributed by atoms with E-state index in [4.69, 9.17) is 4.42 Å². The standard InChI is InChI=1S/C14H12N2O2S/c1-9(17)10-6-7-15-13(8-10)19-14-16-11-4-2-3-5-12(11)18-14/h2-9,17H,1H3/t9-/m0/s1. The molecule has 0 spiro atoms. The van der Waals surface area contributed by atoms with E-state index in [-0.39, 0.29) is 0 Å². The third-order valence-electron chi connectivity index (χ3n) is 2.71. The molecule has 96 valence electrons. The van der Waals surface area contributed by atoms with Crippen LogP contribution in [0.2, 0.25) is 0 Å². The van der Waals surface area contributed by atoms with E-state index in [0.717, 1.165) is 21.7 Å². The Morgan fingerprint density at radius 3 is 2.89 bits per heavy atom. The first-order chi connectivity index (χ1) is 9.22. The Morgan fingerprint density at radius 1 is 1.26 bits per heavy atom. The minimum absolute atomic E-state index is 0.508. The highest BCUT2D eigenvalue weighted by molar-refractivity contribution is 7.99. The van der Waals surface area contributed by atoms with Gasteiger partial charge in [-0.2, -0.15) is 0 Å². The highest BCUT2D eigenvalue weighted by Gasteiger charge is 2.09. The summed E-state index contributed by atoms with van der Waals surface area (Å²) in [5.74, 6) is 0. The van der Waals surface area contributed by atoms with E-state index >= 15 is 0 Å². The monoisotopic (exact) mass is 272 g/mol. The number of oxazole rings is 1. The summed E-state index contributed by atoms with van der Waals surface area (Å²) in [5, 5.41) is 10.9. The number of nitrogens with zero attached hydrogens (tertiary/aromatic N) is 2. The molecule has 1 N–H and O–H groups in total. The highest BCUT2D eigenvalue weighted by atomic mass is 32.2. The molecule has 0 radical (unpaired) electrons. The first-order valence-electron chi connectivity index (χ1n) is 5.90. The lowest BCUT2D eigenvalue weighted by Gasteiger charge is -2.04. The fourth-order valence-corrected chi connectivity index (χ4v) is 2.49. The van der Waals surface area contributed by atoms with Gasteiger partial charge in [0.1, 0.15) is 10.5 Å². The van der Waals surface area contributed by atoms with Crippen molar-refractivity contribution in [2.75, 3.05) is 0 Å². The van der Waals surface area contributed by atoms with Gasteiger partial charge in [0, 0.05) is 6.20 Å². The van der Waals surface area contributed by atoms with Crippen LogP contribution in [0, 0.1) is 0 Å². The molecule has 5 heteroatoms. The Morgan fingerprint density at radius 2 is 2.11 bits per heavy atom. The van der Waals surface area contributed by atoms with E-state index in [0.29, 0.717) is 5.22 Å². The number of fused-ring (bicyclic) bond motifs is 1. The van der Waals surface area contributed by atoms with Crippen molar-refractivity contribution in [2.45, 2.75) is 23.3 Å². The maximum Gasteiger partial charge on any atom is 0.263 e. The average Bonchev–Trinajstić information content (AvgIpc) is 2.81. The van der Waals surface area contributed by atoms with E-state index in [9.17, 15) is 5.11 Å². The first kappa shape index (κ1) is 12.2. The highest BCUT2D eigenvalue weighted by Crippen LogP contribution is 2.29. The predicted octanol–water partition coefficient (Wildman–Crippen LogP) is 3.43. The van der Waals surface area contributed by atoms with Crippen LogP contribution in [0.15, 0.2) is 57.3 Å². The molecule has 0 aliphatic carbocycles. The summed E-state index contributed by atoms with van der Waals surface area (Å²) in [5.41, 5.74) is 2.42. The van der Waals surface area contributed by atoms with Gasteiger partial charge in [-0.15, -0.1) is 0 Å². The van der Waals surface area contributed by atoms with Crippen molar-refractivity contribution >= 4 is 22.9 Å². The van der Waals surface area contributed by atoms with Crippen LogP contribution in [0.3, 0.4) is 0 Å². The maximum atomic E-state index is 9.55. The lowest BCUT2D eigenvalue weighted by atomic mass is 10.2. The fraction of sp³-hybridized carbons (Fsp3) is 0.143. The zero-order chi connectivity index (χ0) is 13.2. The summed E-state index contributed by atoms with van der Waals surface area (Å²) < 4.78 is 5.62. The molecular formula is C14H12N2O2S. The van der Waals surface area contributed by atoms with Gasteiger partial charge in [0.2, 0.25) is 0 Å². The van der Waals surface area contributed by atoms with Crippen LogP contribution in [0.4, 0.5) is 0 Å². The van der Waals surface area contributed by atoms with Gasteiger partial charge in [0.25, 0.3) is 5.22 Å². The minimum atomic E-state index is -0.508. The Labute approximate surface area is 114 Å². The third-order valence-corrected chi connectivity index (χ3v) is 3.49. The van der Waals surface area contributed by atoms with Gasteiger partial charge in [-0.05, 0) is 48.5 Å². The molecule has 0 unspecified atom stereocenters. The smallest absolute Gasteiger partial charge is 0.263 e. The average molecular weight is 272 g/mol. The van der Waals surface area contributed by atoms with Gasteiger partial charge in [0.05, 0.1) is 6.10 Å². The van der Waals surface area contributed by atoms with E-state index in [2.05, 4.69) is 9.97 Å². The van der Waals surface area contributed by atoms with Gasteiger partial charge < -0.3 is 9.52 Å². The summed E-state index contributed by atoms with van der Waals surface area (Å²) >= 11 is 1.34. The Balaban J connectivity index is 1.90. The molecule has 0 amide bonds. The zero-order valence-corrected chi connectivity index (χ0v) is 11.1. The minimum Gasteiger partial charge on any atom is -0.431 e. The Bertz CT molecular complexity index is 676. The Kier molecular flexibility index (Phi) is 3.23. The SMILES string of the molecule is C[C@H](O)c1ccnc(Sc2nc3ccccc3o2)c1. The molecule has 0 bridgehead atoms. The van der Waals surface area contributed by atoms with Crippen molar-refractivity contribution in [3.63, 3.8) is 0 Å². The molecule has 1 atom stereocenters. The second-order valence-electron chi connectivity index (χ2n) is 4.15. The van der Waals surface area contributed by atoms with Crippen molar-refractivity contribution in [3.05, 3.63) is 48.2 Å². The fourth-order valence-electron chi connectivity index (χ4n) is 1.72. The lowest BCUT2D eigenvalue weighted by Crippen LogP contribution is -1.92. The number of hydrogen-bond acceptors (Lipinski definition) is 5. The molecule has 4 nitrogen and oxygen atoms in total. The molecule has 2 heterocycles. The van der Waals surface area contributed by atoms with Crippen molar-refractivity contribution in [3.8, 4) is 0 Å². The number of hydrogen-bond donors (Lipinski definition) is 1. The number of aliphatic hydroxyl groups is 1. The van der Waals surface area contributed by atoms with Gasteiger partial charge in [-0.1, -0.05) is 12.1 Å². The van der Waals surface area contributed by atoms with Crippen LogP contribution in [0.25, 0.3) is 11.1 Å². The molecule has 0 saturated carbocycles. The molecule has 0 saturated heterocycles. The van der Waals surface area contributed by atoms with Crippen molar-refractivity contribution in [1.82, 2.24) is 9.97 Å².